The van der Waals surface area contributed by atoms with Gasteiger partial charge in [0.2, 0.25) is 0 Å². The average molecular weight is 382 g/mol. The van der Waals surface area contributed by atoms with E-state index in [1.807, 2.05) is 73.6 Å². The van der Waals surface area contributed by atoms with E-state index in [4.69, 9.17) is 17.0 Å². The van der Waals surface area contributed by atoms with Gasteiger partial charge in [0.15, 0.2) is 5.11 Å². The molecular weight excluding hydrogens is 358 g/mol. The Balaban J connectivity index is 2.12. The van der Waals surface area contributed by atoms with Gasteiger partial charge in [0.1, 0.15) is 0 Å². The highest BCUT2D eigenvalue weighted by Gasteiger charge is 2.33. The summed E-state index contributed by atoms with van der Waals surface area (Å²) >= 11 is 5.41. The molecule has 0 saturated carbocycles. The van der Waals surface area contributed by atoms with E-state index in [9.17, 15) is 4.79 Å². The van der Waals surface area contributed by atoms with E-state index >= 15 is 0 Å². The maximum atomic E-state index is 12.8. The highest BCUT2D eigenvalue weighted by atomic mass is 32.1. The number of rotatable bonds is 5. The molecule has 1 aliphatic heterocycles. The third-order valence-corrected chi connectivity index (χ3v) is 4.59. The molecule has 1 heterocycles. The Labute approximate surface area is 165 Å². The molecule has 5 nitrogen and oxygen atoms in total. The molecule has 27 heavy (non-hydrogen) atoms. The highest BCUT2D eigenvalue weighted by molar-refractivity contribution is 7.80. The Morgan fingerprint density at radius 3 is 2.37 bits per heavy atom. The van der Waals surface area contributed by atoms with Crippen LogP contribution < -0.4 is 15.5 Å². The molecule has 2 N–H and O–H groups in total. The molecule has 0 aromatic heterocycles. The van der Waals surface area contributed by atoms with E-state index in [1.165, 1.54) is 0 Å². The van der Waals surface area contributed by atoms with Crippen LogP contribution in [0.5, 0.6) is 0 Å². The standard InChI is InChI=1S/C21H23N3O2S/c1-4-26-20(25)17-18(14-8-6-5-7-9-14)22-21(27)23-19(17)15-10-12-16(13-11-15)24(2)3/h5-13,19H,4H2,1-3H3,(H2,22,23,27)/t19-/m0/s1. The van der Waals surface area contributed by atoms with E-state index in [0.29, 0.717) is 23.0 Å². The summed E-state index contributed by atoms with van der Waals surface area (Å²) in [5.74, 6) is -0.361. The Kier molecular flexibility index (Phi) is 5.76. The first kappa shape index (κ1) is 18.9. The van der Waals surface area contributed by atoms with Crippen molar-refractivity contribution in [1.29, 1.82) is 0 Å². The van der Waals surface area contributed by atoms with Crippen LogP contribution in [0.25, 0.3) is 5.70 Å². The Morgan fingerprint density at radius 2 is 1.78 bits per heavy atom. The van der Waals surface area contributed by atoms with E-state index in [1.54, 1.807) is 6.92 Å². The third kappa shape index (κ3) is 4.11. The second kappa shape index (κ2) is 8.22. The van der Waals surface area contributed by atoms with Crippen molar-refractivity contribution in [1.82, 2.24) is 10.6 Å². The van der Waals surface area contributed by atoms with Gasteiger partial charge >= 0.3 is 5.97 Å². The lowest BCUT2D eigenvalue weighted by Crippen LogP contribution is -2.45. The number of thiocarbonyl (C=S) groups is 1. The smallest absolute Gasteiger partial charge is 0.338 e. The van der Waals surface area contributed by atoms with Gasteiger partial charge in [-0.2, -0.15) is 0 Å². The molecule has 2 aromatic carbocycles. The molecular formula is C21H23N3O2S. The lowest BCUT2D eigenvalue weighted by atomic mass is 9.92. The van der Waals surface area contributed by atoms with Crippen molar-refractivity contribution in [2.45, 2.75) is 13.0 Å². The maximum Gasteiger partial charge on any atom is 0.338 e. The first-order valence-electron chi connectivity index (χ1n) is 8.82. The predicted octanol–water partition coefficient (Wildman–Crippen LogP) is 3.25. The molecule has 0 unspecified atom stereocenters. The number of ether oxygens (including phenoxy) is 1. The number of nitrogens with zero attached hydrogens (tertiary/aromatic N) is 1. The molecule has 0 radical (unpaired) electrons. The van der Waals surface area contributed by atoms with Gasteiger partial charge in [0.25, 0.3) is 0 Å². The van der Waals surface area contributed by atoms with Gasteiger partial charge in [-0.25, -0.2) is 4.79 Å². The van der Waals surface area contributed by atoms with Crippen LogP contribution in [0.15, 0.2) is 60.2 Å². The summed E-state index contributed by atoms with van der Waals surface area (Å²) in [6.07, 6.45) is 0. The van der Waals surface area contributed by atoms with Crippen molar-refractivity contribution in [3.63, 3.8) is 0 Å². The molecule has 0 aliphatic carbocycles. The van der Waals surface area contributed by atoms with E-state index in [0.717, 1.165) is 16.8 Å². The van der Waals surface area contributed by atoms with Crippen LogP contribution in [0.2, 0.25) is 0 Å². The fourth-order valence-corrected chi connectivity index (χ4v) is 3.26. The van der Waals surface area contributed by atoms with Gasteiger partial charge in [-0.05, 0) is 42.4 Å². The number of benzene rings is 2. The SMILES string of the molecule is CCOC(=O)C1=C(c2ccccc2)NC(=S)N[C@H]1c1ccc(N(C)C)cc1. The van der Waals surface area contributed by atoms with Crippen molar-refractivity contribution in [2.75, 3.05) is 25.6 Å². The second-order valence-corrected chi connectivity index (χ2v) is 6.80. The quantitative estimate of drug-likeness (QED) is 0.613. The molecule has 3 rings (SSSR count). The molecule has 6 heteroatoms. The zero-order valence-electron chi connectivity index (χ0n) is 15.7. The molecule has 0 amide bonds. The van der Waals surface area contributed by atoms with Crippen molar-refractivity contribution in [3.8, 4) is 0 Å². The summed E-state index contributed by atoms with van der Waals surface area (Å²) in [6.45, 7) is 2.11. The van der Waals surface area contributed by atoms with Gasteiger partial charge < -0.3 is 20.3 Å². The monoisotopic (exact) mass is 381 g/mol. The Morgan fingerprint density at radius 1 is 1.11 bits per heavy atom. The fraction of sp³-hybridized carbons (Fsp3) is 0.238. The van der Waals surface area contributed by atoms with Crippen LogP contribution in [0.1, 0.15) is 24.1 Å². The summed E-state index contributed by atoms with van der Waals surface area (Å²) in [7, 11) is 3.98. The van der Waals surface area contributed by atoms with Crippen LogP contribution >= 0.6 is 12.2 Å². The van der Waals surface area contributed by atoms with Gasteiger partial charge in [-0.3, -0.25) is 0 Å². The maximum absolute atomic E-state index is 12.8. The zero-order chi connectivity index (χ0) is 19.4. The molecule has 0 bridgehead atoms. The largest absolute Gasteiger partial charge is 0.463 e. The average Bonchev–Trinajstić information content (AvgIpc) is 2.68. The van der Waals surface area contributed by atoms with Crippen molar-refractivity contribution >= 4 is 34.7 Å². The molecule has 0 saturated heterocycles. The van der Waals surface area contributed by atoms with E-state index < -0.39 is 0 Å². The lowest BCUT2D eigenvalue weighted by Gasteiger charge is -2.31. The lowest BCUT2D eigenvalue weighted by molar-refractivity contribution is -0.138. The Hall–Kier alpha value is -2.86. The zero-order valence-corrected chi connectivity index (χ0v) is 16.5. The summed E-state index contributed by atoms with van der Waals surface area (Å²) in [4.78, 5) is 14.9. The third-order valence-electron chi connectivity index (χ3n) is 4.37. The molecule has 0 fully saturated rings. The minimum Gasteiger partial charge on any atom is -0.463 e. The fourth-order valence-electron chi connectivity index (χ4n) is 3.04. The van der Waals surface area contributed by atoms with Crippen molar-refractivity contribution in [2.24, 2.45) is 0 Å². The minimum atomic E-state index is -0.385. The number of carbonyl (C=O) groups excluding carboxylic acids is 1. The molecule has 140 valence electrons. The number of nitrogens with one attached hydrogen (secondary N) is 2. The number of esters is 1. The number of carbonyl (C=O) groups is 1. The molecule has 1 aliphatic rings. The van der Waals surface area contributed by atoms with E-state index in [2.05, 4.69) is 10.6 Å². The van der Waals surface area contributed by atoms with Gasteiger partial charge in [0.05, 0.1) is 23.9 Å². The highest BCUT2D eigenvalue weighted by Crippen LogP contribution is 2.32. The van der Waals surface area contributed by atoms with Gasteiger partial charge in [-0.15, -0.1) is 0 Å². The predicted molar refractivity (Wildman–Crippen MR) is 112 cm³/mol. The molecule has 0 spiro atoms. The van der Waals surface area contributed by atoms with Crippen molar-refractivity contribution in [3.05, 3.63) is 71.3 Å². The number of hydrogen-bond acceptors (Lipinski definition) is 4. The normalized spacial score (nSPS) is 16.4. The second-order valence-electron chi connectivity index (χ2n) is 6.39. The van der Waals surface area contributed by atoms with Gasteiger partial charge in [0, 0.05) is 19.8 Å². The summed E-state index contributed by atoms with van der Waals surface area (Å²) in [5, 5.41) is 6.84. The molecule has 2 aromatic rings. The first-order valence-corrected chi connectivity index (χ1v) is 9.23. The number of anilines is 1. The van der Waals surface area contributed by atoms with E-state index in [-0.39, 0.29) is 12.0 Å². The van der Waals surface area contributed by atoms with Crippen LogP contribution in [0.3, 0.4) is 0 Å². The number of hydrogen-bond donors (Lipinski definition) is 2. The van der Waals surface area contributed by atoms with Crippen LogP contribution in [-0.2, 0) is 9.53 Å². The van der Waals surface area contributed by atoms with Crippen LogP contribution in [0.4, 0.5) is 5.69 Å². The molecule has 1 atom stereocenters. The summed E-state index contributed by atoms with van der Waals surface area (Å²) in [6, 6.07) is 17.3. The summed E-state index contributed by atoms with van der Waals surface area (Å²) < 4.78 is 5.35. The van der Waals surface area contributed by atoms with Crippen LogP contribution in [-0.4, -0.2) is 31.8 Å². The van der Waals surface area contributed by atoms with Crippen LogP contribution in [0, 0.1) is 0 Å². The topological polar surface area (TPSA) is 53.6 Å². The summed E-state index contributed by atoms with van der Waals surface area (Å²) in [5.41, 5.74) is 4.12. The first-order chi connectivity index (χ1) is 13.0. The minimum absolute atomic E-state index is 0.307. The van der Waals surface area contributed by atoms with Crippen molar-refractivity contribution < 1.29 is 9.53 Å². The Bertz CT molecular complexity index is 861. The van der Waals surface area contributed by atoms with Gasteiger partial charge in [-0.1, -0.05) is 42.5 Å².